The smallest absolute Gasteiger partial charge is 0.358 e. The molecule has 0 saturated heterocycles. The summed E-state index contributed by atoms with van der Waals surface area (Å²) in [4.78, 5) is 10.7. The van der Waals surface area contributed by atoms with Crippen molar-refractivity contribution in [1.29, 1.82) is 0 Å². The molecule has 0 fully saturated rings. The largest absolute Gasteiger partial charge is 0.476 e. The van der Waals surface area contributed by atoms with E-state index in [0.29, 0.717) is 11.3 Å². The van der Waals surface area contributed by atoms with Crippen molar-refractivity contribution in [3.63, 3.8) is 0 Å². The Morgan fingerprint density at radius 2 is 2.46 bits per heavy atom. The highest BCUT2D eigenvalue weighted by Crippen LogP contribution is 2.30. The molecule has 0 saturated carbocycles. The fraction of sp³-hybridized carbons (Fsp3) is 0.500. The zero-order valence-electron chi connectivity index (χ0n) is 6.99. The quantitative estimate of drug-likeness (QED) is 0.667. The molecule has 2 rings (SSSR count). The lowest BCUT2D eigenvalue weighted by Crippen LogP contribution is -2.18. The van der Waals surface area contributed by atoms with E-state index >= 15 is 0 Å². The van der Waals surface area contributed by atoms with Gasteiger partial charge in [-0.1, -0.05) is 5.16 Å². The Hall–Kier alpha value is -1.36. The van der Waals surface area contributed by atoms with E-state index in [2.05, 4.69) is 5.16 Å². The fourth-order valence-corrected chi connectivity index (χ4v) is 1.67. The van der Waals surface area contributed by atoms with Crippen LogP contribution in [0.1, 0.15) is 40.7 Å². The van der Waals surface area contributed by atoms with Gasteiger partial charge < -0.3 is 15.4 Å². The number of hydrogen-bond donors (Lipinski definition) is 2. The first-order valence-corrected chi connectivity index (χ1v) is 4.17. The number of fused-ring (bicyclic) bond motifs is 1. The number of carboxylic acids is 1. The Kier molecular flexibility index (Phi) is 1.81. The number of carbonyl (C=O) groups is 1. The highest BCUT2D eigenvalue weighted by molar-refractivity contribution is 5.87. The fourth-order valence-electron chi connectivity index (χ4n) is 1.67. The minimum Gasteiger partial charge on any atom is -0.476 e. The summed E-state index contributed by atoms with van der Waals surface area (Å²) in [5, 5.41) is 12.3. The number of carboxylic acid groups (broad SMARTS) is 1. The lowest BCUT2D eigenvalue weighted by molar-refractivity contribution is 0.0684. The Morgan fingerprint density at radius 3 is 3.15 bits per heavy atom. The van der Waals surface area contributed by atoms with Crippen LogP contribution in [0.25, 0.3) is 0 Å². The predicted octanol–water partition coefficient (Wildman–Crippen LogP) is 0.709. The minimum absolute atomic E-state index is 0.0257. The molecule has 1 aliphatic rings. The van der Waals surface area contributed by atoms with Crippen molar-refractivity contribution < 1.29 is 14.4 Å². The number of nitrogens with zero attached hydrogens (tertiary/aromatic N) is 1. The molecule has 0 aromatic carbocycles. The van der Waals surface area contributed by atoms with Gasteiger partial charge in [-0.25, -0.2) is 4.79 Å². The van der Waals surface area contributed by atoms with Crippen LogP contribution in [0.3, 0.4) is 0 Å². The first-order chi connectivity index (χ1) is 6.20. The van der Waals surface area contributed by atoms with Crippen molar-refractivity contribution in [2.24, 2.45) is 5.73 Å². The minimum atomic E-state index is -1.07. The zero-order valence-corrected chi connectivity index (χ0v) is 6.99. The molecule has 1 unspecified atom stereocenters. The van der Waals surface area contributed by atoms with Gasteiger partial charge in [0.15, 0.2) is 5.69 Å². The molecule has 13 heavy (non-hydrogen) atoms. The third kappa shape index (κ3) is 1.21. The summed E-state index contributed by atoms with van der Waals surface area (Å²) in [6, 6.07) is -0.235. The van der Waals surface area contributed by atoms with Crippen LogP contribution < -0.4 is 5.73 Å². The number of nitrogens with two attached hydrogens (primary N) is 1. The topological polar surface area (TPSA) is 89.4 Å². The molecule has 1 aromatic rings. The maximum Gasteiger partial charge on any atom is 0.358 e. The molecular formula is C8H10N2O3. The maximum atomic E-state index is 10.7. The lowest BCUT2D eigenvalue weighted by Gasteiger charge is -2.16. The molecule has 0 amide bonds. The Balaban J connectivity index is 2.50. The molecule has 1 aromatic heterocycles. The SMILES string of the molecule is NC1CCCc2onc(C(=O)O)c21. The molecule has 1 aliphatic carbocycles. The molecule has 0 aliphatic heterocycles. The van der Waals surface area contributed by atoms with E-state index in [9.17, 15) is 4.79 Å². The third-order valence-electron chi connectivity index (χ3n) is 2.29. The van der Waals surface area contributed by atoms with Crippen molar-refractivity contribution in [2.45, 2.75) is 25.3 Å². The van der Waals surface area contributed by atoms with Gasteiger partial charge in [-0.05, 0) is 12.8 Å². The van der Waals surface area contributed by atoms with Gasteiger partial charge in [0.1, 0.15) is 5.76 Å². The van der Waals surface area contributed by atoms with Crippen molar-refractivity contribution >= 4 is 5.97 Å². The van der Waals surface area contributed by atoms with E-state index in [1.54, 1.807) is 0 Å². The summed E-state index contributed by atoms with van der Waals surface area (Å²) in [5.74, 6) is -0.432. The summed E-state index contributed by atoms with van der Waals surface area (Å²) < 4.78 is 4.91. The zero-order chi connectivity index (χ0) is 9.42. The molecule has 5 nitrogen and oxygen atoms in total. The Bertz CT molecular complexity index is 345. The second kappa shape index (κ2) is 2.85. The van der Waals surface area contributed by atoms with Crippen molar-refractivity contribution in [2.75, 3.05) is 0 Å². The maximum absolute atomic E-state index is 10.7. The molecule has 70 valence electrons. The van der Waals surface area contributed by atoms with Gasteiger partial charge in [-0.2, -0.15) is 0 Å². The van der Waals surface area contributed by atoms with Crippen LogP contribution in [-0.4, -0.2) is 16.2 Å². The first kappa shape index (κ1) is 8.25. The van der Waals surface area contributed by atoms with Crippen LogP contribution in [0.5, 0.6) is 0 Å². The van der Waals surface area contributed by atoms with Gasteiger partial charge in [0.05, 0.1) is 0 Å². The summed E-state index contributed by atoms with van der Waals surface area (Å²) >= 11 is 0. The summed E-state index contributed by atoms with van der Waals surface area (Å²) in [7, 11) is 0. The summed E-state index contributed by atoms with van der Waals surface area (Å²) in [6.07, 6.45) is 2.47. The number of rotatable bonds is 1. The summed E-state index contributed by atoms with van der Waals surface area (Å²) in [5.41, 5.74) is 6.32. The first-order valence-electron chi connectivity index (χ1n) is 4.17. The Morgan fingerprint density at radius 1 is 1.69 bits per heavy atom. The monoisotopic (exact) mass is 182 g/mol. The highest BCUT2D eigenvalue weighted by Gasteiger charge is 2.28. The van der Waals surface area contributed by atoms with Crippen LogP contribution in [0, 0.1) is 0 Å². The second-order valence-corrected chi connectivity index (χ2v) is 3.17. The molecular weight excluding hydrogens is 172 g/mol. The van der Waals surface area contributed by atoms with Gasteiger partial charge in [0.25, 0.3) is 0 Å². The van der Waals surface area contributed by atoms with Crippen LogP contribution in [0.4, 0.5) is 0 Å². The molecule has 3 N–H and O–H groups in total. The van der Waals surface area contributed by atoms with E-state index in [1.807, 2.05) is 0 Å². The number of aromatic nitrogens is 1. The molecule has 0 spiro atoms. The van der Waals surface area contributed by atoms with E-state index in [-0.39, 0.29) is 11.7 Å². The van der Waals surface area contributed by atoms with Gasteiger partial charge in [0.2, 0.25) is 0 Å². The van der Waals surface area contributed by atoms with E-state index in [4.69, 9.17) is 15.4 Å². The molecule has 1 atom stereocenters. The predicted molar refractivity (Wildman–Crippen MR) is 43.3 cm³/mol. The molecule has 5 heteroatoms. The van der Waals surface area contributed by atoms with Crippen LogP contribution in [-0.2, 0) is 6.42 Å². The highest BCUT2D eigenvalue weighted by atomic mass is 16.5. The second-order valence-electron chi connectivity index (χ2n) is 3.17. The lowest BCUT2D eigenvalue weighted by atomic mass is 9.92. The Labute approximate surface area is 74.5 Å². The number of hydrogen-bond acceptors (Lipinski definition) is 4. The molecule has 1 heterocycles. The molecule has 0 bridgehead atoms. The van der Waals surface area contributed by atoms with E-state index in [0.717, 1.165) is 19.3 Å². The number of aryl methyl sites for hydroxylation is 1. The van der Waals surface area contributed by atoms with Crippen LogP contribution in [0.15, 0.2) is 4.52 Å². The normalized spacial score (nSPS) is 21.2. The van der Waals surface area contributed by atoms with Gasteiger partial charge in [-0.15, -0.1) is 0 Å². The van der Waals surface area contributed by atoms with Gasteiger partial charge >= 0.3 is 5.97 Å². The van der Waals surface area contributed by atoms with Crippen LogP contribution >= 0.6 is 0 Å². The van der Waals surface area contributed by atoms with Crippen molar-refractivity contribution in [3.8, 4) is 0 Å². The van der Waals surface area contributed by atoms with E-state index < -0.39 is 5.97 Å². The van der Waals surface area contributed by atoms with Crippen molar-refractivity contribution in [3.05, 3.63) is 17.0 Å². The van der Waals surface area contributed by atoms with Gasteiger partial charge in [-0.3, -0.25) is 0 Å². The third-order valence-corrected chi connectivity index (χ3v) is 2.29. The van der Waals surface area contributed by atoms with Gasteiger partial charge in [0, 0.05) is 18.0 Å². The summed E-state index contributed by atoms with van der Waals surface area (Å²) in [6.45, 7) is 0. The average Bonchev–Trinajstić information content (AvgIpc) is 2.49. The van der Waals surface area contributed by atoms with E-state index in [1.165, 1.54) is 0 Å². The molecule has 0 radical (unpaired) electrons. The number of aromatic carboxylic acids is 1. The van der Waals surface area contributed by atoms with Crippen molar-refractivity contribution in [1.82, 2.24) is 5.16 Å². The standard InChI is InChI=1S/C8H10N2O3/c9-4-2-1-3-5-6(4)7(8(11)12)10-13-5/h4H,1-3,9H2,(H,11,12). The van der Waals surface area contributed by atoms with Crippen LogP contribution in [0.2, 0.25) is 0 Å². The average molecular weight is 182 g/mol.